The van der Waals surface area contributed by atoms with Crippen molar-refractivity contribution < 1.29 is 18.7 Å². The highest BCUT2D eigenvalue weighted by molar-refractivity contribution is 5.94. The highest BCUT2D eigenvalue weighted by Crippen LogP contribution is 2.27. The second-order valence-electron chi connectivity index (χ2n) is 7.49. The van der Waals surface area contributed by atoms with Crippen LogP contribution in [0.4, 0.5) is 10.2 Å². The van der Waals surface area contributed by atoms with Crippen molar-refractivity contribution in [2.45, 2.75) is 12.8 Å². The molecule has 4 rings (SSSR count). The van der Waals surface area contributed by atoms with E-state index in [1.807, 2.05) is 30.3 Å². The number of benzene rings is 2. The summed E-state index contributed by atoms with van der Waals surface area (Å²) in [7, 11) is 3.22. The predicted octanol–water partition coefficient (Wildman–Crippen LogP) is 2.91. The van der Waals surface area contributed by atoms with Gasteiger partial charge in [-0.1, -0.05) is 12.1 Å². The molecule has 0 spiro atoms. The minimum atomic E-state index is -0.452. The molecular formula is C24H25FN6O3. The maximum Gasteiger partial charge on any atom is 0.251 e. The molecule has 1 amide bonds. The van der Waals surface area contributed by atoms with Gasteiger partial charge < -0.3 is 20.1 Å². The van der Waals surface area contributed by atoms with Crippen molar-refractivity contribution in [3.63, 3.8) is 0 Å². The van der Waals surface area contributed by atoms with Gasteiger partial charge in [-0.3, -0.25) is 4.79 Å². The van der Waals surface area contributed by atoms with E-state index in [0.717, 1.165) is 12.0 Å². The zero-order chi connectivity index (χ0) is 23.9. The Morgan fingerprint density at radius 3 is 2.62 bits per heavy atom. The molecule has 0 aliphatic carbocycles. The van der Waals surface area contributed by atoms with Gasteiger partial charge in [-0.2, -0.15) is 4.52 Å². The molecule has 0 saturated heterocycles. The number of carbonyl (C=O) groups is 1. The third kappa shape index (κ3) is 5.40. The van der Waals surface area contributed by atoms with Crippen LogP contribution in [0.25, 0.3) is 5.65 Å². The number of hydrogen-bond donors (Lipinski definition) is 2. The van der Waals surface area contributed by atoms with Crippen LogP contribution in [-0.2, 0) is 12.8 Å². The summed E-state index contributed by atoms with van der Waals surface area (Å²) in [5.41, 5.74) is 1.98. The molecule has 4 aromatic rings. The Hall–Kier alpha value is -4.21. The van der Waals surface area contributed by atoms with Gasteiger partial charge in [-0.15, -0.1) is 15.3 Å². The van der Waals surface area contributed by atoms with E-state index in [0.29, 0.717) is 48.3 Å². The van der Waals surface area contributed by atoms with Gasteiger partial charge in [0.15, 0.2) is 23.0 Å². The molecule has 0 radical (unpaired) electrons. The van der Waals surface area contributed by atoms with Crippen LogP contribution in [0.15, 0.2) is 54.6 Å². The van der Waals surface area contributed by atoms with Gasteiger partial charge in [0.1, 0.15) is 11.6 Å². The summed E-state index contributed by atoms with van der Waals surface area (Å²) in [5, 5.41) is 18.9. The molecule has 2 N–H and O–H groups in total. The van der Waals surface area contributed by atoms with E-state index >= 15 is 0 Å². The fraction of sp³-hybridized carbons (Fsp3) is 0.250. The maximum atomic E-state index is 13.3. The number of aromatic nitrogens is 4. The van der Waals surface area contributed by atoms with Crippen molar-refractivity contribution in [1.82, 2.24) is 25.1 Å². The van der Waals surface area contributed by atoms with Crippen LogP contribution in [-0.4, -0.2) is 53.0 Å². The number of amides is 1. The lowest BCUT2D eigenvalue weighted by Crippen LogP contribution is -2.26. The van der Waals surface area contributed by atoms with Gasteiger partial charge in [-0.25, -0.2) is 4.39 Å². The van der Waals surface area contributed by atoms with Crippen LogP contribution >= 0.6 is 0 Å². The Balaban J connectivity index is 1.34. The SMILES string of the molecule is COc1ccc(CCNc2ccc3nnc(CCNC(=O)c4cccc(F)c4)n3n2)cc1OC. The maximum absolute atomic E-state index is 13.3. The molecule has 0 atom stereocenters. The zero-order valence-corrected chi connectivity index (χ0v) is 18.9. The van der Waals surface area contributed by atoms with E-state index in [1.165, 1.54) is 18.2 Å². The molecule has 34 heavy (non-hydrogen) atoms. The first kappa shape index (κ1) is 23.0. The number of halogens is 1. The lowest BCUT2D eigenvalue weighted by molar-refractivity contribution is 0.0953. The summed E-state index contributed by atoms with van der Waals surface area (Å²) in [6.45, 7) is 0.976. The van der Waals surface area contributed by atoms with Gasteiger partial charge >= 0.3 is 0 Å². The summed E-state index contributed by atoms with van der Waals surface area (Å²) >= 11 is 0. The van der Waals surface area contributed by atoms with Crippen molar-refractivity contribution >= 4 is 17.4 Å². The van der Waals surface area contributed by atoms with Crippen LogP contribution in [0.2, 0.25) is 0 Å². The van der Waals surface area contributed by atoms with E-state index in [2.05, 4.69) is 25.9 Å². The Bertz CT molecular complexity index is 1290. The van der Waals surface area contributed by atoms with Gasteiger partial charge in [0.25, 0.3) is 5.91 Å². The second-order valence-corrected chi connectivity index (χ2v) is 7.49. The van der Waals surface area contributed by atoms with E-state index < -0.39 is 5.82 Å². The van der Waals surface area contributed by atoms with Crippen LogP contribution in [0.1, 0.15) is 21.7 Å². The van der Waals surface area contributed by atoms with Gasteiger partial charge in [0.2, 0.25) is 0 Å². The Kier molecular flexibility index (Phi) is 7.16. The fourth-order valence-electron chi connectivity index (χ4n) is 3.47. The van der Waals surface area contributed by atoms with Gasteiger partial charge in [0.05, 0.1) is 14.2 Å². The topological polar surface area (TPSA) is 103 Å². The number of hydrogen-bond acceptors (Lipinski definition) is 7. The number of carbonyl (C=O) groups excluding carboxylic acids is 1. The summed E-state index contributed by atoms with van der Waals surface area (Å²) in [6.07, 6.45) is 1.19. The lowest BCUT2D eigenvalue weighted by atomic mass is 10.1. The molecule has 0 aliphatic rings. The number of ether oxygens (including phenoxy) is 2. The summed E-state index contributed by atoms with van der Waals surface area (Å²) in [5.74, 6) is 1.87. The molecule has 0 unspecified atom stereocenters. The zero-order valence-electron chi connectivity index (χ0n) is 18.9. The Labute approximate surface area is 195 Å². The minimum Gasteiger partial charge on any atom is -0.493 e. The average Bonchev–Trinajstić information content (AvgIpc) is 3.26. The average molecular weight is 465 g/mol. The molecule has 10 heteroatoms. The number of nitrogens with one attached hydrogen (secondary N) is 2. The summed E-state index contributed by atoms with van der Waals surface area (Å²) in [4.78, 5) is 12.2. The first-order valence-corrected chi connectivity index (χ1v) is 10.8. The lowest BCUT2D eigenvalue weighted by Gasteiger charge is -2.10. The molecule has 0 bridgehead atoms. The van der Waals surface area contributed by atoms with Crippen LogP contribution in [0, 0.1) is 5.82 Å². The number of methoxy groups -OCH3 is 2. The third-order valence-corrected chi connectivity index (χ3v) is 5.22. The van der Waals surface area contributed by atoms with Crippen LogP contribution < -0.4 is 20.1 Å². The van der Waals surface area contributed by atoms with Crippen LogP contribution in [0.5, 0.6) is 11.5 Å². The number of fused-ring (bicyclic) bond motifs is 1. The smallest absolute Gasteiger partial charge is 0.251 e. The highest BCUT2D eigenvalue weighted by Gasteiger charge is 2.10. The van der Waals surface area contributed by atoms with E-state index in [9.17, 15) is 9.18 Å². The Morgan fingerprint density at radius 1 is 0.971 bits per heavy atom. The number of rotatable bonds is 10. The molecule has 0 fully saturated rings. The third-order valence-electron chi connectivity index (χ3n) is 5.22. The molecule has 2 heterocycles. The van der Waals surface area contributed by atoms with E-state index in [1.54, 1.807) is 24.8 Å². The molecule has 9 nitrogen and oxygen atoms in total. The minimum absolute atomic E-state index is 0.269. The van der Waals surface area contributed by atoms with E-state index in [4.69, 9.17) is 9.47 Å². The van der Waals surface area contributed by atoms with Crippen molar-refractivity contribution in [1.29, 1.82) is 0 Å². The fourth-order valence-corrected chi connectivity index (χ4v) is 3.47. The molecular weight excluding hydrogens is 439 g/mol. The monoisotopic (exact) mass is 464 g/mol. The quantitative estimate of drug-likeness (QED) is 0.372. The van der Waals surface area contributed by atoms with Crippen molar-refractivity contribution in [3.8, 4) is 11.5 Å². The second kappa shape index (κ2) is 10.6. The van der Waals surface area contributed by atoms with Gasteiger partial charge in [-0.05, 0) is 54.4 Å². The largest absolute Gasteiger partial charge is 0.493 e. The molecule has 2 aromatic heterocycles. The normalized spacial score (nSPS) is 10.8. The molecule has 176 valence electrons. The van der Waals surface area contributed by atoms with Crippen molar-refractivity contribution in [2.24, 2.45) is 0 Å². The molecule has 0 aliphatic heterocycles. The van der Waals surface area contributed by atoms with Crippen molar-refractivity contribution in [3.05, 3.63) is 77.4 Å². The van der Waals surface area contributed by atoms with Crippen LogP contribution in [0.3, 0.4) is 0 Å². The predicted molar refractivity (Wildman–Crippen MR) is 125 cm³/mol. The number of nitrogens with zero attached hydrogens (tertiary/aromatic N) is 4. The highest BCUT2D eigenvalue weighted by atomic mass is 19.1. The van der Waals surface area contributed by atoms with Gasteiger partial charge in [0, 0.05) is 25.1 Å². The number of anilines is 1. The standard InChI is InChI=1S/C24H25FN6O3/c1-33-19-7-6-16(14-20(19)34-2)10-12-26-21-8-9-22-28-29-23(31(22)30-21)11-13-27-24(32)17-4-3-5-18(25)15-17/h3-9,14-15H,10-13H2,1-2H3,(H,26,30)(H,27,32). The van der Waals surface area contributed by atoms with E-state index in [-0.39, 0.29) is 11.5 Å². The molecule has 0 saturated carbocycles. The first-order valence-electron chi connectivity index (χ1n) is 10.8. The Morgan fingerprint density at radius 2 is 1.82 bits per heavy atom. The van der Waals surface area contributed by atoms with Crippen molar-refractivity contribution in [2.75, 3.05) is 32.6 Å². The molecule has 2 aromatic carbocycles. The first-order chi connectivity index (χ1) is 16.6. The summed E-state index contributed by atoms with van der Waals surface area (Å²) in [6, 6.07) is 15.1. The summed E-state index contributed by atoms with van der Waals surface area (Å²) < 4.78 is 25.6.